The highest BCUT2D eigenvalue weighted by Crippen LogP contribution is 2.26. The van der Waals surface area contributed by atoms with E-state index in [1.165, 1.54) is 0 Å². The van der Waals surface area contributed by atoms with Crippen molar-refractivity contribution in [3.05, 3.63) is 44.8 Å². The quantitative estimate of drug-likeness (QED) is 0.00618. The first-order valence-corrected chi connectivity index (χ1v) is 37.9. The van der Waals surface area contributed by atoms with Crippen molar-refractivity contribution in [3.63, 3.8) is 0 Å². The van der Waals surface area contributed by atoms with Crippen molar-refractivity contribution < 1.29 is 158 Å². The number of hydrogen-bond donors (Lipinski definition) is 9. The number of ether oxygens (including phenoxy) is 15. The molecule has 0 aliphatic carbocycles. The van der Waals surface area contributed by atoms with Gasteiger partial charge in [0, 0.05) is 158 Å². The zero-order valence-electron chi connectivity index (χ0n) is 68.4. The maximum Gasteiger partial charge on any atom is 0.307 e. The molecule has 6 atom stereocenters. The molecular weight excluding hydrogens is 1540 g/mol. The Hall–Kier alpha value is -9.78. The minimum Gasteiger partial charge on any atom is -0.466 e. The minimum absolute atomic E-state index is 0.0557. The Morgan fingerprint density at radius 1 is 0.345 bits per heavy atom. The van der Waals surface area contributed by atoms with Gasteiger partial charge in [0.1, 0.15) is 17.1 Å². The van der Waals surface area contributed by atoms with Crippen LogP contribution in [0.5, 0.6) is 0 Å². The first kappa shape index (κ1) is 106. The lowest BCUT2D eigenvalue weighted by Crippen LogP contribution is -2.41. The van der Waals surface area contributed by atoms with Gasteiger partial charge in [0.2, 0.25) is 35.4 Å². The lowest BCUT2D eigenvalue weighted by Gasteiger charge is -2.31. The maximum absolute atomic E-state index is 13.0. The third-order valence-corrected chi connectivity index (χ3v) is 15.2. The second-order valence-corrected chi connectivity index (χ2v) is 26.1. The van der Waals surface area contributed by atoms with Gasteiger partial charge in [-0.25, -0.2) is 0 Å². The van der Waals surface area contributed by atoms with Crippen LogP contribution < -0.4 is 31.9 Å². The largest absolute Gasteiger partial charge is 0.466 e. The van der Waals surface area contributed by atoms with Crippen LogP contribution in [0.4, 0.5) is 0 Å². The van der Waals surface area contributed by atoms with E-state index in [1.807, 2.05) is 0 Å². The van der Waals surface area contributed by atoms with Gasteiger partial charge in [0.05, 0.1) is 79.3 Å². The predicted octanol–water partition coefficient (Wildman–Crippen LogP) is 2.93. The molecule has 0 saturated carbocycles. The molecule has 0 aromatic heterocycles. The molecule has 0 rings (SSSR count). The second kappa shape index (κ2) is 63.4. The summed E-state index contributed by atoms with van der Waals surface area (Å²) in [6, 6.07) is 0. The molecule has 0 radical (unpaired) electrons. The number of azide groups is 1. The van der Waals surface area contributed by atoms with Gasteiger partial charge in [-0.1, -0.05) is 43.6 Å². The van der Waals surface area contributed by atoms with E-state index < -0.39 is 148 Å². The Kier molecular flexibility index (Phi) is 58.1. The van der Waals surface area contributed by atoms with E-state index in [4.69, 9.17) is 71.1 Å². The zero-order chi connectivity index (χ0) is 87.4. The summed E-state index contributed by atoms with van der Waals surface area (Å²) in [6.45, 7) is 11.9. The third-order valence-electron chi connectivity index (χ3n) is 15.2. The van der Waals surface area contributed by atoms with Crippen molar-refractivity contribution in [2.24, 2.45) is 10.5 Å². The average molecular weight is 1660 g/mol. The van der Waals surface area contributed by atoms with Crippen LogP contribution >= 0.6 is 0 Å². The molecule has 0 spiro atoms. The number of hydrogen-bond acceptors (Lipinski definition) is 34. The Labute approximate surface area is 673 Å². The number of unbranched alkanes of at least 4 members (excludes halogenated alkanes) is 9. The number of esters is 9. The topological polar surface area (TPSA) is 576 Å². The van der Waals surface area contributed by atoms with Crippen molar-refractivity contribution in [2.45, 2.75) is 236 Å². The van der Waals surface area contributed by atoms with E-state index in [9.17, 15) is 92.8 Å². The predicted molar refractivity (Wildman–Crippen MR) is 401 cm³/mol. The highest BCUT2D eigenvalue weighted by molar-refractivity contribution is 5.79. The molecule has 0 aliphatic rings. The van der Waals surface area contributed by atoms with Crippen LogP contribution in [-0.4, -0.2) is 247 Å². The summed E-state index contributed by atoms with van der Waals surface area (Å²) in [5, 5.41) is 52.4. The molecule has 42 nitrogen and oxygen atoms in total. The fraction of sp³-hybridized carbons (Fsp3) is 0.716. The molecule has 116 heavy (non-hydrogen) atoms. The highest BCUT2D eigenvalue weighted by Gasteiger charge is 2.35. The molecule has 0 aromatic rings. The van der Waals surface area contributed by atoms with Gasteiger partial charge < -0.3 is 118 Å². The summed E-state index contributed by atoms with van der Waals surface area (Å²) in [5.74, 6) is -11.5. The number of amides is 6. The molecule has 0 fully saturated rings. The normalized spacial score (nSPS) is 13.3. The molecule has 0 aliphatic heterocycles. The summed E-state index contributed by atoms with van der Waals surface area (Å²) in [7, 11) is 0. The van der Waals surface area contributed by atoms with Gasteiger partial charge in [0.25, 0.3) is 0 Å². The fourth-order valence-electron chi connectivity index (χ4n) is 10.2. The molecule has 6 amide bonds. The van der Waals surface area contributed by atoms with Gasteiger partial charge in [-0.2, -0.15) is 0 Å². The number of nitrogens with one attached hydrogen (secondary N) is 6. The van der Waals surface area contributed by atoms with Crippen LogP contribution in [0.3, 0.4) is 0 Å². The highest BCUT2D eigenvalue weighted by atomic mass is 16.6. The Bertz CT molecular complexity index is 2970. The average Bonchev–Trinajstić information content (AvgIpc) is 0.868. The number of rotatable bonds is 65. The standard InChI is InChI=1S/C74H119N9O33/c1-47(84)80-65(68(114-56(10)93)59(111-53(7)90)25-40-105-50(4)87)71(99)108-34-22-16-13-19-31-76-62(96)28-37-102-44-74(43-79-83-75,45-103-38-29-63(97)77-32-20-14-17-23-35-109-72(100)66(81-48(2)85)69(115-57(11)94)60(112-54(8)91)26-41-106-51(5)88)46-104-39-30-64(98)78-33-21-15-18-24-36-110-73(101)67(82-49(3)86)70(116-58(12)95)61(113-55(9)92)27-42-107-52(6)89/h59-61,71-73,99-101H,13-46H2,1-12H3,(H,76,96)(H,77,97)(H,78,98)(H,80,84)(H,81,85)(H,82,86)/b68-65+,69-66+,70-67+/t59-,60-,61-,71+,72+,73+/m1/s1. The minimum atomic E-state index is -1.87. The van der Waals surface area contributed by atoms with E-state index in [0.717, 1.165) is 83.1 Å². The van der Waals surface area contributed by atoms with E-state index >= 15 is 0 Å². The Balaban J connectivity index is 5.96. The molecule has 0 heterocycles. The molecule has 0 saturated heterocycles. The Morgan fingerprint density at radius 3 is 0.828 bits per heavy atom. The van der Waals surface area contributed by atoms with Crippen molar-refractivity contribution in [1.29, 1.82) is 0 Å². The van der Waals surface area contributed by atoms with Crippen LogP contribution in [0.15, 0.2) is 39.5 Å². The maximum atomic E-state index is 13.0. The van der Waals surface area contributed by atoms with Gasteiger partial charge in [0.15, 0.2) is 54.5 Å². The molecule has 9 N–H and O–H groups in total. The van der Waals surface area contributed by atoms with Gasteiger partial charge in [-0.3, -0.25) is 71.9 Å². The van der Waals surface area contributed by atoms with E-state index in [2.05, 4.69) is 41.9 Å². The van der Waals surface area contributed by atoms with Gasteiger partial charge in [-0.05, 0) is 44.1 Å². The number of carbonyl (C=O) groups excluding carboxylic acids is 15. The summed E-state index contributed by atoms with van der Waals surface area (Å²) >= 11 is 0. The third kappa shape index (κ3) is 54.9. The van der Waals surface area contributed by atoms with Gasteiger partial charge in [-0.15, -0.1) is 0 Å². The van der Waals surface area contributed by atoms with Crippen LogP contribution in [0.1, 0.15) is 199 Å². The van der Waals surface area contributed by atoms with Crippen LogP contribution in [0.2, 0.25) is 0 Å². The van der Waals surface area contributed by atoms with Crippen LogP contribution in [-0.2, 0) is 143 Å². The summed E-state index contributed by atoms with van der Waals surface area (Å²) in [4.78, 5) is 185. The van der Waals surface area contributed by atoms with Crippen LogP contribution in [0, 0.1) is 5.41 Å². The molecule has 0 aromatic carbocycles. The number of aliphatic hydroxyl groups excluding tert-OH is 3. The van der Waals surface area contributed by atoms with E-state index in [1.54, 1.807) is 0 Å². The van der Waals surface area contributed by atoms with Crippen molar-refractivity contribution >= 4 is 89.2 Å². The zero-order valence-corrected chi connectivity index (χ0v) is 68.4. The summed E-state index contributed by atoms with van der Waals surface area (Å²) in [5.41, 5.74) is 7.04. The lowest BCUT2D eigenvalue weighted by molar-refractivity contribution is -0.154. The van der Waals surface area contributed by atoms with Crippen LogP contribution in [0.25, 0.3) is 10.4 Å². The lowest BCUT2D eigenvalue weighted by atomic mass is 9.91. The molecule has 658 valence electrons. The van der Waals surface area contributed by atoms with Gasteiger partial charge >= 0.3 is 53.7 Å². The summed E-state index contributed by atoms with van der Waals surface area (Å²) < 4.78 is 81.2. The number of aliphatic hydroxyl groups is 3. The molecule has 0 bridgehead atoms. The molecule has 42 heteroatoms. The first-order valence-electron chi connectivity index (χ1n) is 37.9. The van der Waals surface area contributed by atoms with Crippen molar-refractivity contribution in [3.8, 4) is 0 Å². The summed E-state index contributed by atoms with van der Waals surface area (Å²) in [6.07, 6.45) is -4.46. The Morgan fingerprint density at radius 2 is 0.603 bits per heavy atom. The second-order valence-electron chi connectivity index (χ2n) is 26.1. The fourth-order valence-corrected chi connectivity index (χ4v) is 10.2. The first-order chi connectivity index (χ1) is 54.9. The van der Waals surface area contributed by atoms with Crippen molar-refractivity contribution in [2.75, 3.05) is 105 Å². The monoisotopic (exact) mass is 1660 g/mol. The smallest absolute Gasteiger partial charge is 0.307 e. The molecule has 0 unspecified atom stereocenters. The van der Waals surface area contributed by atoms with E-state index in [0.29, 0.717) is 77.0 Å². The SMILES string of the molecule is CC(=O)N/C(=C(/OC(C)=O)[C@@H](CCOC(C)=O)OC(C)=O)[C@@H](O)OCCCCCCNC(=O)CCOCC(CN=[N+]=[N-])(COCCC(=O)NCCCCCCO[C@H](O)/C(NC(C)=O)=C(\OC(C)=O)[C@@H](CCOC(C)=O)OC(C)=O)COCCC(=O)NCCCCCCO[C@H](O)/C(NC(C)=O)=C(\OC(C)=O)[C@@H](CCOC(C)=O)OC(C)=O. The number of carbonyl (C=O) groups is 15. The molecular formula is C74H119N9O33. The van der Waals surface area contributed by atoms with E-state index in [-0.39, 0.29) is 162 Å². The number of nitrogens with zero attached hydrogens (tertiary/aromatic N) is 3. The van der Waals surface area contributed by atoms with Crippen molar-refractivity contribution in [1.82, 2.24) is 31.9 Å².